The van der Waals surface area contributed by atoms with Crippen molar-refractivity contribution in [3.05, 3.63) is 447 Å². The Morgan fingerprint density at radius 2 is 0.811 bits per heavy atom. The molecule has 148 heavy (non-hydrogen) atoms. The predicted octanol–water partition coefficient (Wildman–Crippen LogP) is 24.7. The highest BCUT2D eigenvalue weighted by molar-refractivity contribution is 8.28. The third-order valence-corrected chi connectivity index (χ3v) is 43.1. The number of sulfonamides is 2. The van der Waals surface area contributed by atoms with Gasteiger partial charge in [0, 0.05) is 61.4 Å². The van der Waals surface area contributed by atoms with E-state index < -0.39 is 58.7 Å². The summed E-state index contributed by atoms with van der Waals surface area (Å²) in [5, 5.41) is 49.5. The monoisotopic (exact) mass is 2170 g/mol. The van der Waals surface area contributed by atoms with Gasteiger partial charge in [0.15, 0.2) is 10.0 Å². The van der Waals surface area contributed by atoms with Gasteiger partial charge < -0.3 is 62.9 Å². The van der Waals surface area contributed by atoms with Crippen LogP contribution < -0.4 is 72.2 Å². The second kappa shape index (κ2) is 50.7. The molecule has 0 aliphatic rings. The summed E-state index contributed by atoms with van der Waals surface area (Å²) >= 11 is 11.0. The van der Waals surface area contributed by atoms with Gasteiger partial charge in [-0.15, -0.1) is 76.4 Å². The molecule has 0 atom stereocenters. The third kappa shape index (κ3) is 28.1. The molecular weight excluding hydrogens is 2070 g/mol. The number of nitrogens with zero attached hydrogens (tertiary/aromatic N) is 11. The van der Waals surface area contributed by atoms with Crippen LogP contribution in [0.2, 0.25) is 0 Å². The lowest BCUT2D eigenvalue weighted by atomic mass is 10.2. The van der Waals surface area contributed by atoms with E-state index in [0.717, 1.165) is 110 Å². The van der Waals surface area contributed by atoms with Crippen molar-refractivity contribution in [1.82, 2.24) is 39.7 Å². The summed E-state index contributed by atoms with van der Waals surface area (Å²) in [6.07, 6.45) is 8.63. The molecule has 6 heterocycles. The van der Waals surface area contributed by atoms with Gasteiger partial charge in [0.25, 0.3) is 0 Å². The quantitative estimate of drug-likeness (QED) is 0.0326. The van der Waals surface area contributed by atoms with Crippen molar-refractivity contribution >= 4 is 213 Å². The van der Waals surface area contributed by atoms with Gasteiger partial charge in [-0.3, -0.25) is 4.98 Å². The Kier molecular flexibility index (Phi) is 38.6. The van der Waals surface area contributed by atoms with Gasteiger partial charge in [0.1, 0.15) is 36.5 Å². The van der Waals surface area contributed by atoms with Crippen molar-refractivity contribution in [3.63, 3.8) is 0 Å². The number of aromatic nitrogens is 8. The Hall–Kier alpha value is -13.9. The van der Waals surface area contributed by atoms with Gasteiger partial charge >= 0.3 is 10.8 Å². The smallest absolute Gasteiger partial charge is 0.480 e. The molecule has 0 aliphatic carbocycles. The third-order valence-electron chi connectivity index (χ3n) is 21.6. The Labute approximate surface area is 875 Å². The molecule has 20 rings (SSSR count). The molecule has 0 saturated carbocycles. The van der Waals surface area contributed by atoms with E-state index in [1.54, 1.807) is 44.8 Å². The lowest BCUT2D eigenvalue weighted by Gasteiger charge is -2.46. The largest absolute Gasteiger partial charge is 0.876 e. The van der Waals surface area contributed by atoms with Crippen molar-refractivity contribution in [2.75, 3.05) is 20.9 Å². The second-order valence-corrected chi connectivity index (χ2v) is 51.9. The molecular formula is C112H100F5N11O10P4S6-6. The highest BCUT2D eigenvalue weighted by Crippen LogP contribution is 2.73. The maximum absolute atomic E-state index is 14.6. The van der Waals surface area contributed by atoms with Gasteiger partial charge in [-0.05, 0) is 153 Å². The summed E-state index contributed by atoms with van der Waals surface area (Å²) in [6.45, 7) is 6.59. The Bertz CT molecular complexity index is 7810. The fourth-order valence-electron chi connectivity index (χ4n) is 14.7. The number of rotatable bonds is 23. The topological polar surface area (TPSA) is 312 Å². The van der Waals surface area contributed by atoms with E-state index in [2.05, 4.69) is 229 Å². The molecule has 0 amide bonds. The molecule has 0 saturated heterocycles. The van der Waals surface area contributed by atoms with Crippen LogP contribution in [-0.4, -0.2) is 89.5 Å². The number of thiazole rings is 3. The number of alkyl halides is 5. The standard InChI is InChI=1S/C25H22NOP2.C25H23NP2S.C22H16N2OS.C13H9N4.2C11H11NO2S.C3H3F5NO4S2.2CH4/c1-28(22-14-6-2-7-15-22,23-16-8-3-9-17-23)26-29(27,24-18-10-4-11-19-24)25-20-12-5-13-21-25;1-27(22-14-6-2-7-15-22,23-16-8-3-9-17-23)26-28(29,24-18-10-4-11-19-24)25-20-12-5-13-21-25;1-14(25)12-22-23-18-13-15(10-11-21(18)26-22)24-19-8-4-2-6-16(19)17-7-3-5-9-20(17)24;1-2-6-10(7-3-1)12-15-13(17-16-12)11-8-4-5-9-14-11;1-7(13)5-11-12-9-6-8(14-2)3-4-10(9)15-11;1-7(13)5-11-12-9-4-3-8(14-2)6-10(9)15-11;1-2(4,5)14(10,11)9-15(12,13)3(6,7)8;;/h2-21H,1H2;2-21H,1H3;2-13,25H,1H3;1-9H;2*3-6,13H,1-2H3;1H3;2*1H4/q-1;;;-1;;;-1;;/p-3/b;;14-12-;;2*7-5-;;;. The first-order chi connectivity index (χ1) is 70.0. The van der Waals surface area contributed by atoms with Crippen molar-refractivity contribution in [1.29, 1.82) is 0 Å². The maximum Gasteiger partial charge on any atom is 0.480 e. The lowest BCUT2D eigenvalue weighted by molar-refractivity contribution is -0.300. The fraction of sp³-hybridized carbons (Fsp3) is 0.0982. The number of benzene rings is 14. The van der Waals surface area contributed by atoms with Crippen molar-refractivity contribution < 1.29 is 68.1 Å². The van der Waals surface area contributed by atoms with E-state index >= 15 is 0 Å². The average molecular weight is 2170 g/mol. The van der Waals surface area contributed by atoms with Crippen LogP contribution in [0.4, 0.5) is 22.0 Å². The van der Waals surface area contributed by atoms with Crippen LogP contribution in [0.25, 0.3) is 113 Å². The zero-order valence-electron chi connectivity index (χ0n) is 79.2. The van der Waals surface area contributed by atoms with E-state index in [1.807, 2.05) is 218 Å². The van der Waals surface area contributed by atoms with Gasteiger partial charge in [-0.2, -0.15) is 22.0 Å². The number of allylic oxidation sites excluding steroid dienone is 3. The van der Waals surface area contributed by atoms with E-state index in [1.165, 1.54) is 81.1 Å². The highest BCUT2D eigenvalue weighted by Gasteiger charge is 2.44. The molecule has 14 aromatic carbocycles. The molecule has 760 valence electrons. The van der Waals surface area contributed by atoms with Crippen molar-refractivity contribution in [2.45, 2.75) is 53.3 Å². The Morgan fingerprint density at radius 3 is 1.23 bits per heavy atom. The molecule has 0 radical (unpaired) electrons. The van der Waals surface area contributed by atoms with E-state index in [0.29, 0.717) is 11.6 Å². The van der Waals surface area contributed by atoms with Gasteiger partial charge in [0.2, 0.25) is 0 Å². The first kappa shape index (κ1) is 113. The highest BCUT2D eigenvalue weighted by atomic mass is 32.4. The number of hydrogen-bond acceptors (Lipinski definition) is 20. The summed E-state index contributed by atoms with van der Waals surface area (Å²) in [4.78, 5) is 32.6. The Balaban J connectivity index is 0.000000156. The molecule has 6 aromatic heterocycles. The Morgan fingerprint density at radius 1 is 0.446 bits per heavy atom. The number of para-hydroxylation sites is 2. The zero-order valence-corrected chi connectivity index (χ0v) is 87.7. The van der Waals surface area contributed by atoms with Crippen LogP contribution >= 0.6 is 61.9 Å². The molecule has 36 heteroatoms. The van der Waals surface area contributed by atoms with Crippen LogP contribution in [0.1, 0.15) is 57.6 Å². The molecule has 0 spiro atoms. The average Bonchev–Trinajstić information content (AvgIpc) is 1.45. The normalized spacial score (nSPS) is 12.0. The van der Waals surface area contributed by atoms with E-state index in [9.17, 15) is 58.7 Å². The minimum Gasteiger partial charge on any atom is -0.876 e. The molecule has 21 nitrogen and oxygen atoms in total. The molecule has 0 aliphatic heterocycles. The van der Waals surface area contributed by atoms with Gasteiger partial charge in [-0.1, -0.05) is 333 Å². The number of hydrogen-bond donors (Lipinski definition) is 0. The summed E-state index contributed by atoms with van der Waals surface area (Å²) in [6, 6.07) is 131. The lowest BCUT2D eigenvalue weighted by Crippen LogP contribution is -2.30. The van der Waals surface area contributed by atoms with Crippen LogP contribution in [0.3, 0.4) is 0 Å². The van der Waals surface area contributed by atoms with Crippen LogP contribution in [0, 0.1) is 0 Å². The maximum atomic E-state index is 14.6. The fourth-order valence-corrected chi connectivity index (χ4v) is 34.8. The van der Waals surface area contributed by atoms with Crippen LogP contribution in [0.15, 0.2) is 418 Å². The number of pyridine rings is 1. The second-order valence-electron chi connectivity index (χ2n) is 32.2. The minimum absolute atomic E-state index is 0. The first-order valence-corrected chi connectivity index (χ1v) is 58.4. The molecule has 0 N–H and O–H groups in total. The zero-order chi connectivity index (χ0) is 104. The number of fused-ring (bicyclic) bond motifs is 6. The predicted molar refractivity (Wildman–Crippen MR) is 607 cm³/mol. The minimum atomic E-state index is -6.48. The van der Waals surface area contributed by atoms with Crippen LogP contribution in [0.5, 0.6) is 11.5 Å². The number of ether oxygens (including phenoxy) is 2. The van der Waals surface area contributed by atoms with E-state index in [-0.39, 0.29) is 39.1 Å². The molecule has 0 fully saturated rings. The molecule has 0 unspecified atom stereocenters. The van der Waals surface area contributed by atoms with Crippen molar-refractivity contribution in [2.24, 2.45) is 0 Å². The van der Waals surface area contributed by atoms with Crippen molar-refractivity contribution in [3.8, 4) is 40.1 Å². The SMILES string of the molecule is C.C.C/C([O-])=C/c1nc2cc(-n3c4ccccc4c4ccccc43)ccc2s1.C=P([N-]P(=O)(c1ccccc1)c1ccccc1)(c1ccccc1)c1ccccc1.CC(F)(F)S(=O)(=O)[N-]S(=O)(=O)C(F)(F)F.COc1ccc2nc(/C=C(/C)[O-])sc2c1.COc1ccc2sc(/C=C(/C)[O-])nc2c1.C[P+]([N-]P(=S)(c1ccccc1)c1ccccc1)(c1ccccc1)c1ccccc1.c1ccc(-c2nnc(-c3ccccn3)[n-]2)cc1. The van der Waals surface area contributed by atoms with Gasteiger partial charge in [0.05, 0.1) is 79.5 Å². The summed E-state index contributed by atoms with van der Waals surface area (Å²) < 4.78 is 131. The van der Waals surface area contributed by atoms with E-state index in [4.69, 9.17) is 31.0 Å². The number of halogens is 5. The molecule has 20 aromatic rings. The number of methoxy groups -OCH3 is 2. The summed E-state index contributed by atoms with van der Waals surface area (Å²) in [5.41, 5.74) is 1.78. The molecule has 0 bridgehead atoms. The summed E-state index contributed by atoms with van der Waals surface area (Å²) in [7, 11) is -17.1. The van der Waals surface area contributed by atoms with Crippen LogP contribution in [-0.2, 0) is 36.4 Å². The first-order valence-electron chi connectivity index (χ1n) is 44.6. The van der Waals surface area contributed by atoms with Gasteiger partial charge in [-0.25, -0.2) is 31.8 Å². The summed E-state index contributed by atoms with van der Waals surface area (Å²) in [5.74, 6) is 2.83.